The molecule has 0 aliphatic heterocycles. The molecule has 0 spiro atoms. The maximum atomic E-state index is 11.9. The molecule has 0 aliphatic carbocycles. The first-order valence-corrected chi connectivity index (χ1v) is 7.25. The third kappa shape index (κ3) is 4.52. The van der Waals surface area contributed by atoms with Crippen LogP contribution in [0.5, 0.6) is 11.5 Å². The Kier molecular flexibility index (Phi) is 5.69. The van der Waals surface area contributed by atoms with Gasteiger partial charge in [0.2, 0.25) is 0 Å². The SMILES string of the molecule is COc1cc(C#N)ccc1OCC(=O)Nc1ccc(Cl)c(Cl)c1. The van der Waals surface area contributed by atoms with Crippen LogP contribution in [-0.2, 0) is 4.79 Å². The summed E-state index contributed by atoms with van der Waals surface area (Å²) in [6.45, 7) is -0.220. The van der Waals surface area contributed by atoms with Crippen LogP contribution in [0.15, 0.2) is 36.4 Å². The largest absolute Gasteiger partial charge is 0.493 e. The molecule has 0 bridgehead atoms. The van der Waals surface area contributed by atoms with E-state index in [0.717, 1.165) is 0 Å². The van der Waals surface area contributed by atoms with Gasteiger partial charge < -0.3 is 14.8 Å². The average molecular weight is 351 g/mol. The van der Waals surface area contributed by atoms with E-state index >= 15 is 0 Å². The Morgan fingerprint density at radius 2 is 1.96 bits per heavy atom. The van der Waals surface area contributed by atoms with Crippen molar-refractivity contribution in [2.75, 3.05) is 19.0 Å². The molecule has 118 valence electrons. The molecule has 0 saturated heterocycles. The fourth-order valence-corrected chi connectivity index (χ4v) is 2.07. The standard InChI is InChI=1S/C16H12Cl2N2O3/c1-22-15-6-10(8-19)2-5-14(15)23-9-16(21)20-11-3-4-12(17)13(18)7-11/h2-7H,9H2,1H3,(H,20,21). The Hall–Kier alpha value is -2.42. The van der Waals surface area contributed by atoms with Gasteiger partial charge in [0.05, 0.1) is 28.8 Å². The monoisotopic (exact) mass is 350 g/mol. The number of hydrogen-bond acceptors (Lipinski definition) is 4. The van der Waals surface area contributed by atoms with Gasteiger partial charge in [-0.1, -0.05) is 23.2 Å². The summed E-state index contributed by atoms with van der Waals surface area (Å²) >= 11 is 11.7. The number of carbonyl (C=O) groups excluding carboxylic acids is 1. The quantitative estimate of drug-likeness (QED) is 0.887. The van der Waals surface area contributed by atoms with Crippen molar-refractivity contribution >= 4 is 34.8 Å². The summed E-state index contributed by atoms with van der Waals surface area (Å²) in [5.74, 6) is 0.386. The second-order valence-electron chi connectivity index (χ2n) is 4.44. The zero-order chi connectivity index (χ0) is 16.8. The van der Waals surface area contributed by atoms with Gasteiger partial charge in [-0.25, -0.2) is 0 Å². The average Bonchev–Trinajstić information content (AvgIpc) is 2.56. The molecule has 0 unspecified atom stereocenters. The van der Waals surface area contributed by atoms with Crippen LogP contribution in [0.25, 0.3) is 0 Å². The molecule has 0 heterocycles. The predicted octanol–water partition coefficient (Wildman–Crippen LogP) is 3.89. The van der Waals surface area contributed by atoms with Crippen molar-refractivity contribution in [1.29, 1.82) is 5.26 Å². The summed E-state index contributed by atoms with van der Waals surface area (Å²) in [4.78, 5) is 11.9. The number of nitriles is 1. The summed E-state index contributed by atoms with van der Waals surface area (Å²) in [7, 11) is 1.46. The van der Waals surface area contributed by atoms with Gasteiger partial charge in [0.15, 0.2) is 18.1 Å². The summed E-state index contributed by atoms with van der Waals surface area (Å²) < 4.78 is 10.5. The third-order valence-corrected chi connectivity index (χ3v) is 3.59. The Balaban J connectivity index is 1.99. The molecule has 5 nitrogen and oxygen atoms in total. The molecule has 23 heavy (non-hydrogen) atoms. The van der Waals surface area contributed by atoms with Crippen LogP contribution < -0.4 is 14.8 Å². The van der Waals surface area contributed by atoms with Gasteiger partial charge in [0, 0.05) is 11.8 Å². The van der Waals surface area contributed by atoms with Crippen molar-refractivity contribution < 1.29 is 14.3 Å². The minimum atomic E-state index is -0.366. The molecule has 7 heteroatoms. The van der Waals surface area contributed by atoms with Crippen molar-refractivity contribution in [3.8, 4) is 17.6 Å². The topological polar surface area (TPSA) is 71.3 Å². The zero-order valence-corrected chi connectivity index (χ0v) is 13.6. The lowest BCUT2D eigenvalue weighted by Crippen LogP contribution is -2.20. The molecule has 2 aromatic carbocycles. The molecular weight excluding hydrogens is 339 g/mol. The molecule has 0 aromatic heterocycles. The van der Waals surface area contributed by atoms with Gasteiger partial charge >= 0.3 is 0 Å². The summed E-state index contributed by atoms with van der Waals surface area (Å²) in [5, 5.41) is 12.2. The van der Waals surface area contributed by atoms with Gasteiger partial charge in [-0.3, -0.25) is 4.79 Å². The van der Waals surface area contributed by atoms with Crippen molar-refractivity contribution in [3.63, 3.8) is 0 Å². The second kappa shape index (κ2) is 7.73. The molecule has 0 atom stereocenters. The van der Waals surface area contributed by atoms with Gasteiger partial charge in [-0.15, -0.1) is 0 Å². The summed E-state index contributed by atoms with van der Waals surface area (Å²) in [6, 6.07) is 11.4. The van der Waals surface area contributed by atoms with Gasteiger partial charge in [0.1, 0.15) is 0 Å². The fraction of sp³-hybridized carbons (Fsp3) is 0.125. The smallest absolute Gasteiger partial charge is 0.262 e. The van der Waals surface area contributed by atoms with Gasteiger partial charge in [-0.2, -0.15) is 5.26 Å². The van der Waals surface area contributed by atoms with Crippen molar-refractivity contribution in [2.45, 2.75) is 0 Å². The van der Waals surface area contributed by atoms with Crippen LogP contribution in [0.3, 0.4) is 0 Å². The number of carbonyl (C=O) groups is 1. The Morgan fingerprint density at radius 1 is 1.17 bits per heavy atom. The third-order valence-electron chi connectivity index (χ3n) is 2.85. The van der Waals surface area contributed by atoms with E-state index in [0.29, 0.717) is 32.8 Å². The van der Waals surface area contributed by atoms with Crippen LogP contribution in [0.1, 0.15) is 5.56 Å². The predicted molar refractivity (Wildman–Crippen MR) is 88.3 cm³/mol. The Labute approximate surface area is 143 Å². The second-order valence-corrected chi connectivity index (χ2v) is 5.26. The Morgan fingerprint density at radius 3 is 2.61 bits per heavy atom. The number of nitrogens with one attached hydrogen (secondary N) is 1. The van der Waals surface area contributed by atoms with E-state index in [1.807, 2.05) is 6.07 Å². The van der Waals surface area contributed by atoms with Crippen LogP contribution in [0.2, 0.25) is 10.0 Å². The lowest BCUT2D eigenvalue weighted by atomic mass is 10.2. The highest BCUT2D eigenvalue weighted by Crippen LogP contribution is 2.28. The van der Waals surface area contributed by atoms with Crippen molar-refractivity contribution in [3.05, 3.63) is 52.0 Å². The summed E-state index contributed by atoms with van der Waals surface area (Å²) in [5.41, 5.74) is 0.953. The normalized spacial score (nSPS) is 9.83. The number of hydrogen-bond donors (Lipinski definition) is 1. The first kappa shape index (κ1) is 16.9. The van der Waals surface area contributed by atoms with Crippen molar-refractivity contribution in [1.82, 2.24) is 0 Å². The van der Waals surface area contributed by atoms with Gasteiger partial charge in [0.25, 0.3) is 5.91 Å². The fourth-order valence-electron chi connectivity index (χ4n) is 1.77. The number of ether oxygens (including phenoxy) is 2. The number of halogens is 2. The number of rotatable bonds is 5. The number of anilines is 1. The molecule has 0 saturated carbocycles. The number of benzene rings is 2. The minimum Gasteiger partial charge on any atom is -0.493 e. The molecule has 0 fully saturated rings. The molecule has 0 aliphatic rings. The van der Waals surface area contributed by atoms with E-state index in [1.165, 1.54) is 13.2 Å². The summed E-state index contributed by atoms with van der Waals surface area (Å²) in [6.07, 6.45) is 0. The van der Waals surface area contributed by atoms with Gasteiger partial charge in [-0.05, 0) is 30.3 Å². The molecule has 1 N–H and O–H groups in total. The Bertz CT molecular complexity index is 772. The molecule has 1 amide bonds. The van der Waals surface area contributed by atoms with E-state index in [4.69, 9.17) is 37.9 Å². The van der Waals surface area contributed by atoms with E-state index in [2.05, 4.69) is 5.32 Å². The molecule has 0 radical (unpaired) electrons. The highest BCUT2D eigenvalue weighted by Gasteiger charge is 2.09. The highest BCUT2D eigenvalue weighted by atomic mass is 35.5. The van der Waals surface area contributed by atoms with Crippen LogP contribution in [-0.4, -0.2) is 19.6 Å². The number of methoxy groups -OCH3 is 1. The molecule has 2 aromatic rings. The lowest BCUT2D eigenvalue weighted by Gasteiger charge is -2.11. The maximum Gasteiger partial charge on any atom is 0.262 e. The molecule has 2 rings (SSSR count). The number of nitrogens with zero attached hydrogens (tertiary/aromatic N) is 1. The van der Waals surface area contributed by atoms with E-state index in [-0.39, 0.29) is 12.5 Å². The van der Waals surface area contributed by atoms with Crippen LogP contribution >= 0.6 is 23.2 Å². The molecular formula is C16H12Cl2N2O3. The zero-order valence-electron chi connectivity index (χ0n) is 12.1. The minimum absolute atomic E-state index is 0.220. The van der Waals surface area contributed by atoms with Crippen LogP contribution in [0.4, 0.5) is 5.69 Å². The van der Waals surface area contributed by atoms with E-state index in [1.54, 1.807) is 30.3 Å². The first-order valence-electron chi connectivity index (χ1n) is 6.49. The maximum absolute atomic E-state index is 11.9. The van der Waals surface area contributed by atoms with Crippen molar-refractivity contribution in [2.24, 2.45) is 0 Å². The van der Waals surface area contributed by atoms with E-state index < -0.39 is 0 Å². The number of amides is 1. The van der Waals surface area contributed by atoms with Crippen LogP contribution in [0, 0.1) is 11.3 Å². The first-order chi connectivity index (χ1) is 11.0. The lowest BCUT2D eigenvalue weighted by molar-refractivity contribution is -0.118. The highest BCUT2D eigenvalue weighted by molar-refractivity contribution is 6.42. The van der Waals surface area contributed by atoms with E-state index in [9.17, 15) is 4.79 Å².